The molecule has 0 bridgehead atoms. The summed E-state index contributed by atoms with van der Waals surface area (Å²) < 4.78 is 6.11. The van der Waals surface area contributed by atoms with Gasteiger partial charge in [-0.1, -0.05) is 34.1 Å². The lowest BCUT2D eigenvalue weighted by molar-refractivity contribution is -0.138. The fraction of sp³-hybridized carbons (Fsp3) is 0.714. The molecule has 2 saturated heterocycles. The van der Waals surface area contributed by atoms with Crippen molar-refractivity contribution in [2.24, 2.45) is 23.2 Å². The predicted octanol–water partition coefficient (Wildman–Crippen LogP) is 4.83. The van der Waals surface area contributed by atoms with E-state index in [-0.39, 0.29) is 41.8 Å². The second kappa shape index (κ2) is 11.1. The Morgan fingerprint density at radius 1 is 1.33 bits per heavy atom. The molecule has 7 atom stereocenters. The maximum absolute atomic E-state index is 13.4. The average Bonchev–Trinajstić information content (AvgIpc) is 3.26. The van der Waals surface area contributed by atoms with Gasteiger partial charge >= 0.3 is 0 Å². The van der Waals surface area contributed by atoms with Crippen molar-refractivity contribution in [3.8, 4) is 6.07 Å². The van der Waals surface area contributed by atoms with Crippen LogP contribution in [0.15, 0.2) is 11.0 Å². The van der Waals surface area contributed by atoms with Gasteiger partial charge in [-0.3, -0.25) is 9.59 Å². The fourth-order valence-electron chi connectivity index (χ4n) is 5.41. The molecule has 0 radical (unpaired) electrons. The summed E-state index contributed by atoms with van der Waals surface area (Å²) in [5.74, 6) is -1.95. The van der Waals surface area contributed by atoms with Crippen molar-refractivity contribution in [1.82, 2.24) is 10.3 Å². The van der Waals surface area contributed by atoms with Gasteiger partial charge < -0.3 is 15.2 Å². The SMILES string of the molecule is C/C(=C\c1csc(C)n1)[C@@H]1CC2O[C@]2(C)CCC[C@H](C)[C@H](O)C(C)C(=O)C(C)(C)[C@@H](C#N)CC(=O)N1. The molecule has 0 saturated carbocycles. The Balaban J connectivity index is 1.89. The number of fused-ring (bicyclic) bond motifs is 1. The van der Waals surface area contributed by atoms with Crippen LogP contribution in [-0.4, -0.2) is 45.6 Å². The minimum atomic E-state index is -1.07. The van der Waals surface area contributed by atoms with E-state index in [9.17, 15) is 20.0 Å². The number of Topliss-reactive ketones (excluding diaryl/α,β-unsaturated/α-hetero) is 1. The monoisotopic (exact) mass is 515 g/mol. The van der Waals surface area contributed by atoms with Crippen molar-refractivity contribution in [2.45, 2.75) is 104 Å². The number of carbonyl (C=O) groups excluding carboxylic acids is 2. The molecule has 0 aromatic carbocycles. The van der Waals surface area contributed by atoms with E-state index in [1.807, 2.05) is 32.2 Å². The Morgan fingerprint density at radius 2 is 2.03 bits per heavy atom. The summed E-state index contributed by atoms with van der Waals surface area (Å²) in [4.78, 5) is 31.1. The Morgan fingerprint density at radius 3 is 2.64 bits per heavy atom. The van der Waals surface area contributed by atoms with Crippen molar-refractivity contribution in [1.29, 1.82) is 5.26 Å². The zero-order valence-electron chi connectivity index (χ0n) is 22.6. The molecule has 7 nitrogen and oxygen atoms in total. The first kappa shape index (κ1) is 28.5. The van der Waals surface area contributed by atoms with E-state index in [1.165, 1.54) is 0 Å². The molecule has 2 aliphatic heterocycles. The second-order valence-electron chi connectivity index (χ2n) is 11.6. The maximum atomic E-state index is 13.4. The Hall–Kier alpha value is -2.08. The largest absolute Gasteiger partial charge is 0.392 e. The molecule has 198 valence electrons. The van der Waals surface area contributed by atoms with Gasteiger partial charge in [-0.2, -0.15) is 5.26 Å². The van der Waals surface area contributed by atoms with E-state index in [0.717, 1.165) is 35.5 Å². The van der Waals surface area contributed by atoms with Gasteiger partial charge in [0.2, 0.25) is 5.91 Å². The third-order valence-corrected chi connectivity index (χ3v) is 9.07. The number of amides is 1. The number of thiazole rings is 1. The lowest BCUT2D eigenvalue weighted by Crippen LogP contribution is -2.44. The number of aliphatic hydroxyl groups excluding tert-OH is 1. The van der Waals surface area contributed by atoms with Crippen LogP contribution in [0.5, 0.6) is 0 Å². The molecule has 3 rings (SSSR count). The number of hydrogen-bond acceptors (Lipinski definition) is 7. The molecule has 2 N–H and O–H groups in total. The van der Waals surface area contributed by atoms with Crippen molar-refractivity contribution in [2.75, 3.05) is 0 Å². The maximum Gasteiger partial charge on any atom is 0.221 e. The molecule has 1 aromatic rings. The molecular formula is C28H41N3O4S. The number of epoxide rings is 1. The van der Waals surface area contributed by atoms with E-state index in [4.69, 9.17) is 4.74 Å². The highest BCUT2D eigenvalue weighted by Gasteiger charge is 2.52. The van der Waals surface area contributed by atoms with Gasteiger partial charge in [-0.05, 0) is 51.2 Å². The number of nitrogens with zero attached hydrogens (tertiary/aromatic N) is 2. The fourth-order valence-corrected chi connectivity index (χ4v) is 5.98. The molecule has 2 fully saturated rings. The normalized spacial score (nSPS) is 36.5. The minimum absolute atomic E-state index is 0.0140. The molecule has 36 heavy (non-hydrogen) atoms. The summed E-state index contributed by atoms with van der Waals surface area (Å²) in [7, 11) is 0. The van der Waals surface area contributed by atoms with Gasteiger partial charge in [0.25, 0.3) is 0 Å². The Kier molecular flexibility index (Phi) is 8.80. The van der Waals surface area contributed by atoms with E-state index < -0.39 is 23.4 Å². The summed E-state index contributed by atoms with van der Waals surface area (Å²) in [6, 6.07) is 1.94. The summed E-state index contributed by atoms with van der Waals surface area (Å²) in [5.41, 5.74) is 0.502. The number of nitriles is 1. The van der Waals surface area contributed by atoms with Crippen LogP contribution in [0.4, 0.5) is 0 Å². The summed E-state index contributed by atoms with van der Waals surface area (Å²) >= 11 is 1.58. The van der Waals surface area contributed by atoms with Crippen molar-refractivity contribution < 1.29 is 19.4 Å². The van der Waals surface area contributed by atoms with Gasteiger partial charge in [0, 0.05) is 29.6 Å². The highest BCUT2D eigenvalue weighted by Crippen LogP contribution is 2.44. The van der Waals surface area contributed by atoms with Crippen LogP contribution >= 0.6 is 11.3 Å². The molecule has 1 amide bonds. The topological polar surface area (TPSA) is 116 Å². The van der Waals surface area contributed by atoms with Crippen LogP contribution in [0.2, 0.25) is 0 Å². The number of hydrogen-bond donors (Lipinski definition) is 2. The number of aliphatic hydroxyl groups is 1. The quantitative estimate of drug-likeness (QED) is 0.545. The minimum Gasteiger partial charge on any atom is -0.392 e. The van der Waals surface area contributed by atoms with Crippen LogP contribution in [0.1, 0.15) is 84.3 Å². The second-order valence-corrected chi connectivity index (χ2v) is 12.6. The van der Waals surface area contributed by atoms with E-state index in [1.54, 1.807) is 32.1 Å². The smallest absolute Gasteiger partial charge is 0.221 e. The molecule has 2 aliphatic rings. The first-order chi connectivity index (χ1) is 16.8. The summed E-state index contributed by atoms with van der Waals surface area (Å²) in [6.45, 7) is 13.2. The number of aromatic nitrogens is 1. The number of carbonyl (C=O) groups is 2. The van der Waals surface area contributed by atoms with E-state index >= 15 is 0 Å². The van der Waals surface area contributed by atoms with Gasteiger partial charge in [-0.15, -0.1) is 11.3 Å². The first-order valence-electron chi connectivity index (χ1n) is 13.0. The van der Waals surface area contributed by atoms with Gasteiger partial charge in [0.1, 0.15) is 5.78 Å². The Labute approximate surface area is 219 Å². The molecule has 8 heteroatoms. The summed E-state index contributed by atoms with van der Waals surface area (Å²) in [6.07, 6.45) is 4.27. The van der Waals surface area contributed by atoms with Crippen LogP contribution in [-0.2, 0) is 14.3 Å². The van der Waals surface area contributed by atoms with Crippen molar-refractivity contribution in [3.05, 3.63) is 21.7 Å². The van der Waals surface area contributed by atoms with Crippen molar-refractivity contribution >= 4 is 29.1 Å². The molecule has 2 unspecified atom stereocenters. The predicted molar refractivity (Wildman–Crippen MR) is 141 cm³/mol. The highest BCUT2D eigenvalue weighted by atomic mass is 32.1. The third-order valence-electron chi connectivity index (χ3n) is 8.28. The number of ether oxygens (including phenoxy) is 1. The first-order valence-corrected chi connectivity index (χ1v) is 13.9. The van der Waals surface area contributed by atoms with Crippen LogP contribution in [0.25, 0.3) is 6.08 Å². The van der Waals surface area contributed by atoms with Gasteiger partial charge in [-0.25, -0.2) is 4.98 Å². The van der Waals surface area contributed by atoms with Gasteiger partial charge in [0.15, 0.2) is 0 Å². The van der Waals surface area contributed by atoms with Crippen molar-refractivity contribution in [3.63, 3.8) is 0 Å². The number of nitrogens with one attached hydrogen (secondary N) is 1. The molecule has 1 aromatic heterocycles. The highest BCUT2D eigenvalue weighted by molar-refractivity contribution is 7.09. The summed E-state index contributed by atoms with van der Waals surface area (Å²) in [5, 5.41) is 26.9. The standard InChI is InChI=1S/C28H41N3O4S/c1-16-9-8-10-28(7)23(35-28)13-22(17(2)11-21-15-36-19(4)30-21)31-24(32)12-20(14-29)27(5,6)26(34)18(3)25(16)33/h11,15-16,18,20,22-23,25,33H,8-10,12-13H2,1-7H3,(H,31,32)/b17-11+/t16-,18?,20+,22-,23?,25-,28+/m0/s1. The van der Waals surface area contributed by atoms with Crippen LogP contribution < -0.4 is 5.32 Å². The average molecular weight is 516 g/mol. The third kappa shape index (κ3) is 6.42. The van der Waals surface area contributed by atoms with Crippen LogP contribution in [0.3, 0.4) is 0 Å². The lowest BCUT2D eigenvalue weighted by Gasteiger charge is -2.34. The van der Waals surface area contributed by atoms with E-state index in [2.05, 4.69) is 23.3 Å². The Bertz CT molecular complexity index is 1040. The number of aryl methyl sites for hydroxylation is 1. The molecular weight excluding hydrogens is 474 g/mol. The number of ketones is 1. The lowest BCUT2D eigenvalue weighted by atomic mass is 9.69. The zero-order valence-corrected chi connectivity index (χ0v) is 23.4. The van der Waals surface area contributed by atoms with E-state index in [0.29, 0.717) is 6.42 Å². The van der Waals surface area contributed by atoms with Gasteiger partial charge in [0.05, 0.1) is 46.5 Å². The zero-order chi connectivity index (χ0) is 26.8. The molecule has 0 spiro atoms. The number of rotatable bonds is 2. The molecule has 3 heterocycles. The van der Waals surface area contributed by atoms with Crippen LogP contribution in [0, 0.1) is 41.4 Å². The molecule has 0 aliphatic carbocycles.